The molecular formula is C18H15BrO4. The molecule has 0 saturated heterocycles. The van der Waals surface area contributed by atoms with Gasteiger partial charge in [-0.15, -0.1) is 0 Å². The van der Waals surface area contributed by atoms with Crippen LogP contribution >= 0.6 is 15.9 Å². The molecule has 0 aliphatic heterocycles. The third kappa shape index (κ3) is 5.38. The van der Waals surface area contributed by atoms with Crippen LogP contribution in [-0.4, -0.2) is 25.5 Å². The lowest BCUT2D eigenvalue weighted by Gasteiger charge is -2.04. The van der Waals surface area contributed by atoms with Crippen molar-refractivity contribution in [3.8, 4) is 5.75 Å². The van der Waals surface area contributed by atoms with Crippen molar-refractivity contribution in [1.82, 2.24) is 0 Å². The average Bonchev–Trinajstić information content (AvgIpc) is 2.59. The molecule has 2 aromatic carbocycles. The number of esters is 1. The van der Waals surface area contributed by atoms with Gasteiger partial charge >= 0.3 is 5.97 Å². The largest absolute Gasteiger partial charge is 0.482 e. The second-order valence-corrected chi connectivity index (χ2v) is 5.55. The van der Waals surface area contributed by atoms with Crippen LogP contribution in [0.2, 0.25) is 0 Å². The first-order valence-electron chi connectivity index (χ1n) is 6.86. The first-order chi connectivity index (χ1) is 11.1. The van der Waals surface area contributed by atoms with Crippen molar-refractivity contribution < 1.29 is 19.1 Å². The lowest BCUT2D eigenvalue weighted by atomic mass is 10.1. The molecule has 0 heterocycles. The zero-order valence-electron chi connectivity index (χ0n) is 12.5. The van der Waals surface area contributed by atoms with Crippen LogP contribution < -0.4 is 4.74 Å². The van der Waals surface area contributed by atoms with Gasteiger partial charge in [0.25, 0.3) is 0 Å². The molecule has 0 bridgehead atoms. The van der Waals surface area contributed by atoms with E-state index in [1.54, 1.807) is 30.3 Å². The van der Waals surface area contributed by atoms with Crippen LogP contribution in [0, 0.1) is 0 Å². The first kappa shape index (κ1) is 17.0. The minimum atomic E-state index is -0.456. The van der Waals surface area contributed by atoms with Crippen LogP contribution in [0.15, 0.2) is 59.1 Å². The van der Waals surface area contributed by atoms with Crippen molar-refractivity contribution in [3.63, 3.8) is 0 Å². The third-order valence-corrected chi connectivity index (χ3v) is 3.55. The number of carbonyl (C=O) groups excluding carboxylic acids is 2. The summed E-state index contributed by atoms with van der Waals surface area (Å²) in [5, 5.41) is 0. The molecule has 0 aliphatic carbocycles. The van der Waals surface area contributed by atoms with Gasteiger partial charge in [-0.1, -0.05) is 34.1 Å². The summed E-state index contributed by atoms with van der Waals surface area (Å²) in [5.41, 5.74) is 1.49. The van der Waals surface area contributed by atoms with E-state index in [2.05, 4.69) is 20.7 Å². The van der Waals surface area contributed by atoms with Crippen LogP contribution in [0.5, 0.6) is 5.75 Å². The Morgan fingerprint density at radius 1 is 1.04 bits per heavy atom. The number of allylic oxidation sites excluding steroid dienone is 1. The molecule has 5 heteroatoms. The Balaban J connectivity index is 1.97. The van der Waals surface area contributed by atoms with Crippen LogP contribution in [-0.2, 0) is 9.53 Å². The van der Waals surface area contributed by atoms with Gasteiger partial charge in [-0.2, -0.15) is 0 Å². The van der Waals surface area contributed by atoms with E-state index < -0.39 is 5.97 Å². The van der Waals surface area contributed by atoms with Gasteiger partial charge in [-0.25, -0.2) is 4.79 Å². The van der Waals surface area contributed by atoms with E-state index in [4.69, 9.17) is 4.74 Å². The van der Waals surface area contributed by atoms with Crippen molar-refractivity contribution in [1.29, 1.82) is 0 Å². The van der Waals surface area contributed by atoms with Crippen LogP contribution in [0.25, 0.3) is 6.08 Å². The molecule has 0 fully saturated rings. The number of ether oxygens (including phenoxy) is 2. The zero-order valence-corrected chi connectivity index (χ0v) is 14.1. The Bertz CT molecular complexity index is 703. The SMILES string of the molecule is COC(=O)COc1ccc(C(=O)C=Cc2ccc(Br)cc2)cc1. The average molecular weight is 375 g/mol. The van der Waals surface area contributed by atoms with E-state index in [0.717, 1.165) is 10.0 Å². The smallest absolute Gasteiger partial charge is 0.343 e. The fourth-order valence-corrected chi connectivity index (χ4v) is 2.02. The molecule has 0 unspecified atom stereocenters. The number of benzene rings is 2. The molecule has 0 aromatic heterocycles. The topological polar surface area (TPSA) is 52.6 Å². The minimum absolute atomic E-state index is 0.104. The molecule has 0 spiro atoms. The van der Waals surface area contributed by atoms with Gasteiger partial charge in [0.15, 0.2) is 12.4 Å². The summed E-state index contributed by atoms with van der Waals surface area (Å²) in [5.74, 6) is -0.0566. The van der Waals surface area contributed by atoms with E-state index in [1.807, 2.05) is 24.3 Å². The van der Waals surface area contributed by atoms with Crippen molar-refractivity contribution in [3.05, 3.63) is 70.2 Å². The van der Waals surface area contributed by atoms with E-state index >= 15 is 0 Å². The van der Waals surface area contributed by atoms with Gasteiger partial charge in [0.2, 0.25) is 0 Å². The quantitative estimate of drug-likeness (QED) is 0.437. The number of hydrogen-bond donors (Lipinski definition) is 0. The van der Waals surface area contributed by atoms with Gasteiger partial charge in [0, 0.05) is 10.0 Å². The third-order valence-electron chi connectivity index (χ3n) is 3.02. The summed E-state index contributed by atoms with van der Waals surface area (Å²) in [7, 11) is 1.30. The summed E-state index contributed by atoms with van der Waals surface area (Å²) in [6.07, 6.45) is 3.28. The molecule has 0 aliphatic rings. The lowest BCUT2D eigenvalue weighted by molar-refractivity contribution is -0.142. The molecular weight excluding hydrogens is 360 g/mol. The molecule has 0 saturated carbocycles. The number of halogens is 1. The monoisotopic (exact) mass is 374 g/mol. The number of ketones is 1. The Morgan fingerprint density at radius 3 is 2.30 bits per heavy atom. The molecule has 118 valence electrons. The Hall–Kier alpha value is -2.40. The maximum Gasteiger partial charge on any atom is 0.343 e. The highest BCUT2D eigenvalue weighted by molar-refractivity contribution is 9.10. The standard InChI is InChI=1S/C18H15BrO4/c1-22-18(21)12-23-16-9-5-14(6-10-16)17(20)11-4-13-2-7-15(19)8-3-13/h2-11H,12H2,1H3. The number of rotatable bonds is 6. The molecule has 0 amide bonds. The highest BCUT2D eigenvalue weighted by atomic mass is 79.9. The summed E-state index contributed by atoms with van der Waals surface area (Å²) in [6.45, 7) is -0.159. The van der Waals surface area contributed by atoms with Gasteiger partial charge in [-0.3, -0.25) is 4.79 Å². The second kappa shape index (κ2) is 8.29. The van der Waals surface area contributed by atoms with E-state index in [1.165, 1.54) is 13.2 Å². The number of methoxy groups -OCH3 is 1. The Morgan fingerprint density at radius 2 is 1.70 bits per heavy atom. The highest BCUT2D eigenvalue weighted by Gasteiger charge is 2.04. The van der Waals surface area contributed by atoms with Crippen molar-refractivity contribution in [2.24, 2.45) is 0 Å². The highest BCUT2D eigenvalue weighted by Crippen LogP contribution is 2.15. The summed E-state index contributed by atoms with van der Waals surface area (Å²) >= 11 is 3.36. The molecule has 0 N–H and O–H groups in total. The molecule has 0 atom stereocenters. The van der Waals surface area contributed by atoms with E-state index in [-0.39, 0.29) is 12.4 Å². The molecule has 2 rings (SSSR count). The van der Waals surface area contributed by atoms with Crippen molar-refractivity contribution in [2.45, 2.75) is 0 Å². The number of hydrogen-bond acceptors (Lipinski definition) is 4. The first-order valence-corrected chi connectivity index (χ1v) is 7.65. The Kier molecular flexibility index (Phi) is 6.11. The maximum atomic E-state index is 12.1. The molecule has 23 heavy (non-hydrogen) atoms. The van der Waals surface area contributed by atoms with Gasteiger partial charge in [-0.05, 0) is 48.0 Å². The van der Waals surface area contributed by atoms with Gasteiger partial charge in [0.1, 0.15) is 5.75 Å². The summed E-state index contributed by atoms with van der Waals surface area (Å²) in [6, 6.07) is 14.2. The van der Waals surface area contributed by atoms with Gasteiger partial charge < -0.3 is 9.47 Å². The summed E-state index contributed by atoms with van der Waals surface area (Å²) in [4.78, 5) is 23.1. The zero-order chi connectivity index (χ0) is 16.7. The van der Waals surface area contributed by atoms with Gasteiger partial charge in [0.05, 0.1) is 7.11 Å². The number of carbonyl (C=O) groups is 2. The fraction of sp³-hybridized carbons (Fsp3) is 0.111. The molecule has 2 aromatic rings. The van der Waals surface area contributed by atoms with Crippen LogP contribution in [0.3, 0.4) is 0 Å². The molecule has 4 nitrogen and oxygen atoms in total. The predicted molar refractivity (Wildman–Crippen MR) is 91.5 cm³/mol. The van der Waals surface area contributed by atoms with Crippen LogP contribution in [0.1, 0.15) is 15.9 Å². The predicted octanol–water partition coefficient (Wildman–Crippen LogP) is 3.90. The van der Waals surface area contributed by atoms with Crippen LogP contribution in [0.4, 0.5) is 0 Å². The minimum Gasteiger partial charge on any atom is -0.482 e. The molecule has 0 radical (unpaired) electrons. The van der Waals surface area contributed by atoms with E-state index in [0.29, 0.717) is 11.3 Å². The van der Waals surface area contributed by atoms with Crippen molar-refractivity contribution >= 4 is 33.8 Å². The van der Waals surface area contributed by atoms with Crippen molar-refractivity contribution in [2.75, 3.05) is 13.7 Å². The maximum absolute atomic E-state index is 12.1. The second-order valence-electron chi connectivity index (χ2n) is 4.64. The lowest BCUT2D eigenvalue weighted by Crippen LogP contribution is -2.12. The normalized spacial score (nSPS) is 10.5. The van der Waals surface area contributed by atoms with E-state index in [9.17, 15) is 9.59 Å². The summed E-state index contributed by atoms with van der Waals surface area (Å²) < 4.78 is 10.7. The fourth-order valence-electron chi connectivity index (χ4n) is 1.76. The Labute approximate surface area is 142 Å².